The third-order valence-corrected chi connectivity index (χ3v) is 4.96. The van der Waals surface area contributed by atoms with Crippen LogP contribution in [0.25, 0.3) is 0 Å². The molecule has 2 N–H and O–H groups in total. The molecule has 0 spiro atoms. The number of hydrogen-bond donors (Lipinski definition) is 2. The minimum atomic E-state index is -0.250. The molecule has 2 amide bonds. The number of benzene rings is 4. The monoisotopic (exact) mass is 476 g/mol. The number of nitrogens with one attached hydrogen (secondary N) is 2. The zero-order valence-corrected chi connectivity index (χ0v) is 19.4. The Labute approximate surface area is 208 Å². The average molecular weight is 477 g/mol. The SMILES string of the molecule is O=C(CCC(=O)Nc1ccc(N=Nc2ccccc2)cc1)Nc1ccc(N=Nc2ccccc2)cc1. The molecule has 0 aliphatic carbocycles. The van der Waals surface area contributed by atoms with Gasteiger partial charge in [-0.15, -0.1) is 0 Å². The number of carbonyl (C=O) groups is 2. The summed E-state index contributed by atoms with van der Waals surface area (Å²) in [6.45, 7) is 0. The van der Waals surface area contributed by atoms with Crippen LogP contribution in [-0.2, 0) is 9.59 Å². The summed E-state index contributed by atoms with van der Waals surface area (Å²) in [6.07, 6.45) is 0.120. The second-order valence-electron chi connectivity index (χ2n) is 7.76. The fourth-order valence-electron chi connectivity index (χ4n) is 3.12. The molecule has 0 fully saturated rings. The van der Waals surface area contributed by atoms with E-state index in [4.69, 9.17) is 0 Å². The Bertz CT molecular complexity index is 1230. The van der Waals surface area contributed by atoms with E-state index in [2.05, 4.69) is 31.1 Å². The number of amides is 2. The quantitative estimate of drug-likeness (QED) is 0.240. The van der Waals surface area contributed by atoms with Gasteiger partial charge in [0, 0.05) is 24.2 Å². The Morgan fingerprint density at radius 3 is 1.08 bits per heavy atom. The molecule has 0 atom stereocenters. The van der Waals surface area contributed by atoms with Gasteiger partial charge in [0.1, 0.15) is 0 Å². The Balaban J connectivity index is 1.20. The van der Waals surface area contributed by atoms with E-state index >= 15 is 0 Å². The van der Waals surface area contributed by atoms with E-state index in [1.54, 1.807) is 48.5 Å². The minimum absolute atomic E-state index is 0.0602. The average Bonchev–Trinajstić information content (AvgIpc) is 2.92. The molecule has 36 heavy (non-hydrogen) atoms. The van der Waals surface area contributed by atoms with Gasteiger partial charge < -0.3 is 10.6 Å². The maximum Gasteiger partial charge on any atom is 0.224 e. The highest BCUT2D eigenvalue weighted by Gasteiger charge is 2.08. The van der Waals surface area contributed by atoms with Crippen LogP contribution in [0.2, 0.25) is 0 Å². The van der Waals surface area contributed by atoms with E-state index < -0.39 is 0 Å². The molecule has 0 saturated carbocycles. The minimum Gasteiger partial charge on any atom is -0.326 e. The predicted octanol–water partition coefficient (Wildman–Crippen LogP) is 7.87. The molecule has 4 aromatic carbocycles. The third-order valence-electron chi connectivity index (χ3n) is 4.96. The van der Waals surface area contributed by atoms with Gasteiger partial charge >= 0.3 is 0 Å². The van der Waals surface area contributed by atoms with E-state index in [0.717, 1.165) is 11.4 Å². The van der Waals surface area contributed by atoms with Crippen LogP contribution >= 0.6 is 0 Å². The first-order valence-electron chi connectivity index (χ1n) is 11.4. The topological polar surface area (TPSA) is 108 Å². The fourth-order valence-corrected chi connectivity index (χ4v) is 3.12. The molecular formula is C28H24N6O2. The van der Waals surface area contributed by atoms with Crippen LogP contribution in [-0.4, -0.2) is 11.8 Å². The summed E-state index contributed by atoms with van der Waals surface area (Å²) in [7, 11) is 0. The van der Waals surface area contributed by atoms with E-state index in [0.29, 0.717) is 22.7 Å². The van der Waals surface area contributed by atoms with Gasteiger partial charge in [0.2, 0.25) is 11.8 Å². The van der Waals surface area contributed by atoms with Gasteiger partial charge in [-0.3, -0.25) is 9.59 Å². The van der Waals surface area contributed by atoms with Crippen molar-refractivity contribution in [2.24, 2.45) is 20.5 Å². The Morgan fingerprint density at radius 1 is 0.444 bits per heavy atom. The van der Waals surface area contributed by atoms with Gasteiger partial charge in [-0.05, 0) is 72.8 Å². The van der Waals surface area contributed by atoms with Crippen LogP contribution in [0.15, 0.2) is 130 Å². The molecule has 0 bridgehead atoms. The molecule has 0 unspecified atom stereocenters. The lowest BCUT2D eigenvalue weighted by molar-refractivity contribution is -0.121. The summed E-state index contributed by atoms with van der Waals surface area (Å²) in [4.78, 5) is 24.5. The fraction of sp³-hybridized carbons (Fsp3) is 0.0714. The van der Waals surface area contributed by atoms with E-state index in [-0.39, 0.29) is 24.7 Å². The third kappa shape index (κ3) is 7.81. The van der Waals surface area contributed by atoms with Crippen molar-refractivity contribution < 1.29 is 9.59 Å². The van der Waals surface area contributed by atoms with Crippen molar-refractivity contribution in [3.05, 3.63) is 109 Å². The molecule has 4 aromatic rings. The molecule has 0 radical (unpaired) electrons. The lowest BCUT2D eigenvalue weighted by Gasteiger charge is -2.07. The van der Waals surface area contributed by atoms with E-state index in [9.17, 15) is 9.59 Å². The molecule has 8 heteroatoms. The zero-order valence-electron chi connectivity index (χ0n) is 19.4. The number of azo groups is 2. The molecule has 4 rings (SSSR count). The van der Waals surface area contributed by atoms with Gasteiger partial charge in [-0.2, -0.15) is 20.5 Å². The van der Waals surface area contributed by atoms with Gasteiger partial charge in [-0.25, -0.2) is 0 Å². The van der Waals surface area contributed by atoms with Gasteiger partial charge in [0.05, 0.1) is 22.7 Å². The lowest BCUT2D eigenvalue weighted by atomic mass is 10.2. The highest BCUT2D eigenvalue weighted by Crippen LogP contribution is 2.21. The van der Waals surface area contributed by atoms with Crippen LogP contribution in [0.4, 0.5) is 34.1 Å². The Hall–Kier alpha value is -4.98. The van der Waals surface area contributed by atoms with Crippen LogP contribution in [0.5, 0.6) is 0 Å². The first-order valence-corrected chi connectivity index (χ1v) is 11.4. The summed E-state index contributed by atoms with van der Waals surface area (Å²) in [5.74, 6) is -0.499. The molecule has 0 aromatic heterocycles. The molecule has 0 saturated heterocycles. The first-order chi connectivity index (χ1) is 17.6. The maximum atomic E-state index is 12.2. The maximum absolute atomic E-state index is 12.2. The van der Waals surface area contributed by atoms with Crippen molar-refractivity contribution in [2.45, 2.75) is 12.8 Å². The van der Waals surface area contributed by atoms with Crippen molar-refractivity contribution in [1.82, 2.24) is 0 Å². The number of anilines is 2. The second-order valence-corrected chi connectivity index (χ2v) is 7.76. The summed E-state index contributed by atoms with van der Waals surface area (Å²) in [5, 5.41) is 22.2. The molecule has 8 nitrogen and oxygen atoms in total. The van der Waals surface area contributed by atoms with Gasteiger partial charge in [-0.1, -0.05) is 36.4 Å². The van der Waals surface area contributed by atoms with E-state index in [1.807, 2.05) is 60.7 Å². The number of nitrogens with zero attached hydrogens (tertiary/aromatic N) is 4. The van der Waals surface area contributed by atoms with Gasteiger partial charge in [0.15, 0.2) is 0 Å². The molecule has 178 valence electrons. The first kappa shape index (κ1) is 24.2. The van der Waals surface area contributed by atoms with Crippen LogP contribution in [0.3, 0.4) is 0 Å². The number of hydrogen-bond acceptors (Lipinski definition) is 6. The van der Waals surface area contributed by atoms with E-state index in [1.165, 1.54) is 0 Å². The summed E-state index contributed by atoms with van der Waals surface area (Å²) >= 11 is 0. The normalized spacial score (nSPS) is 11.0. The Kier molecular flexibility index (Phi) is 8.37. The van der Waals surface area contributed by atoms with Crippen LogP contribution < -0.4 is 10.6 Å². The summed E-state index contributed by atoms with van der Waals surface area (Å²) in [6, 6.07) is 32.9. The second kappa shape index (κ2) is 12.5. The van der Waals surface area contributed by atoms with Crippen molar-refractivity contribution in [3.63, 3.8) is 0 Å². The zero-order chi connectivity index (χ0) is 25.0. The molecular weight excluding hydrogens is 452 g/mol. The number of carbonyl (C=O) groups excluding carboxylic acids is 2. The Morgan fingerprint density at radius 2 is 0.750 bits per heavy atom. The summed E-state index contributed by atoms with van der Waals surface area (Å²) < 4.78 is 0. The molecule has 0 heterocycles. The number of rotatable bonds is 9. The van der Waals surface area contributed by atoms with Crippen LogP contribution in [0, 0.1) is 0 Å². The van der Waals surface area contributed by atoms with Crippen molar-refractivity contribution in [1.29, 1.82) is 0 Å². The lowest BCUT2D eigenvalue weighted by Crippen LogP contribution is -2.17. The van der Waals surface area contributed by atoms with Crippen LogP contribution in [0.1, 0.15) is 12.8 Å². The highest BCUT2D eigenvalue weighted by molar-refractivity contribution is 5.96. The highest BCUT2D eigenvalue weighted by atomic mass is 16.2. The smallest absolute Gasteiger partial charge is 0.224 e. The standard InChI is InChI=1S/C28H24N6O2/c35-27(29-21-11-15-25(16-12-21)33-31-23-7-3-1-4-8-23)19-20-28(36)30-22-13-17-26(18-14-22)34-32-24-9-5-2-6-10-24/h1-18H,19-20H2,(H,29,35)(H,30,36). The molecule has 0 aliphatic heterocycles. The predicted molar refractivity (Wildman–Crippen MR) is 141 cm³/mol. The van der Waals surface area contributed by atoms with Crippen molar-refractivity contribution in [2.75, 3.05) is 10.6 Å². The van der Waals surface area contributed by atoms with Crippen molar-refractivity contribution >= 4 is 45.9 Å². The van der Waals surface area contributed by atoms with Crippen molar-refractivity contribution in [3.8, 4) is 0 Å². The largest absolute Gasteiger partial charge is 0.326 e. The van der Waals surface area contributed by atoms with Gasteiger partial charge in [0.25, 0.3) is 0 Å². The molecule has 0 aliphatic rings. The summed E-state index contributed by atoms with van der Waals surface area (Å²) in [5.41, 5.74) is 4.11.